The van der Waals surface area contributed by atoms with Crippen LogP contribution in [0.5, 0.6) is 0 Å². The molecular formula is C17H19N3O3. The first-order chi connectivity index (χ1) is 11.0. The van der Waals surface area contributed by atoms with Crippen molar-refractivity contribution < 1.29 is 14.7 Å². The van der Waals surface area contributed by atoms with E-state index in [0.29, 0.717) is 38.0 Å². The number of amides is 1. The molecule has 1 aliphatic rings. The first kappa shape index (κ1) is 15.3. The quantitative estimate of drug-likeness (QED) is 0.935. The molecule has 0 fully saturated rings. The lowest BCUT2D eigenvalue weighted by Gasteiger charge is -2.29. The normalized spacial score (nSPS) is 13.7. The van der Waals surface area contributed by atoms with Crippen molar-refractivity contribution in [2.45, 2.75) is 32.9 Å². The molecule has 120 valence electrons. The second kappa shape index (κ2) is 6.24. The molecule has 6 heteroatoms. The van der Waals surface area contributed by atoms with E-state index < -0.39 is 5.97 Å². The summed E-state index contributed by atoms with van der Waals surface area (Å²) >= 11 is 0. The average molecular weight is 313 g/mol. The van der Waals surface area contributed by atoms with Crippen LogP contribution in [0.4, 0.5) is 0 Å². The number of carboxylic acid groups (broad SMARTS) is 1. The van der Waals surface area contributed by atoms with Gasteiger partial charge in [0.05, 0.1) is 11.8 Å². The number of aryl methyl sites for hydroxylation is 2. The molecule has 0 spiro atoms. The van der Waals surface area contributed by atoms with Crippen LogP contribution >= 0.6 is 0 Å². The van der Waals surface area contributed by atoms with E-state index in [-0.39, 0.29) is 5.91 Å². The number of fused-ring (bicyclic) bond motifs is 1. The zero-order valence-electron chi connectivity index (χ0n) is 13.0. The molecule has 0 atom stereocenters. The molecule has 0 bridgehead atoms. The van der Waals surface area contributed by atoms with Crippen LogP contribution in [-0.2, 0) is 24.3 Å². The number of aromatic carboxylic acids is 1. The number of aromatic nitrogens is 2. The fourth-order valence-electron chi connectivity index (χ4n) is 2.98. The Kier molecular flexibility index (Phi) is 4.14. The predicted octanol–water partition coefficient (Wildman–Crippen LogP) is 1.86. The number of nitrogens with zero attached hydrogens (tertiary/aromatic N) is 3. The maximum atomic E-state index is 12.4. The molecular weight excluding hydrogens is 294 g/mol. The van der Waals surface area contributed by atoms with Gasteiger partial charge in [0.15, 0.2) is 0 Å². The van der Waals surface area contributed by atoms with Crippen LogP contribution in [0.25, 0.3) is 0 Å². The van der Waals surface area contributed by atoms with Gasteiger partial charge in [0.2, 0.25) is 5.91 Å². The first-order valence-corrected chi connectivity index (χ1v) is 7.65. The van der Waals surface area contributed by atoms with E-state index >= 15 is 0 Å². The van der Waals surface area contributed by atoms with Gasteiger partial charge < -0.3 is 10.0 Å². The Morgan fingerprint density at radius 2 is 2.17 bits per heavy atom. The van der Waals surface area contributed by atoms with Crippen LogP contribution in [0.3, 0.4) is 0 Å². The second-order valence-corrected chi connectivity index (χ2v) is 5.84. The summed E-state index contributed by atoms with van der Waals surface area (Å²) in [7, 11) is 0. The lowest BCUT2D eigenvalue weighted by Crippen LogP contribution is -2.37. The molecule has 6 nitrogen and oxygen atoms in total. The Morgan fingerprint density at radius 3 is 2.87 bits per heavy atom. The third-order valence-electron chi connectivity index (χ3n) is 4.17. The monoisotopic (exact) mass is 313 g/mol. The Hall–Kier alpha value is -2.63. The molecule has 1 aliphatic heterocycles. The summed E-state index contributed by atoms with van der Waals surface area (Å²) in [5.74, 6) is -0.833. The van der Waals surface area contributed by atoms with Crippen LogP contribution in [0.2, 0.25) is 0 Å². The van der Waals surface area contributed by atoms with Crippen molar-refractivity contribution in [1.29, 1.82) is 0 Å². The maximum absolute atomic E-state index is 12.4. The van der Waals surface area contributed by atoms with E-state index in [1.54, 1.807) is 27.9 Å². The van der Waals surface area contributed by atoms with Gasteiger partial charge in [0, 0.05) is 32.3 Å². The summed E-state index contributed by atoms with van der Waals surface area (Å²) in [6, 6.07) is 5.26. The van der Waals surface area contributed by atoms with E-state index in [0.717, 1.165) is 16.7 Å². The van der Waals surface area contributed by atoms with Gasteiger partial charge in [-0.15, -0.1) is 0 Å². The Morgan fingerprint density at radius 1 is 1.35 bits per heavy atom. The van der Waals surface area contributed by atoms with Crippen molar-refractivity contribution in [2.75, 3.05) is 6.54 Å². The lowest BCUT2D eigenvalue weighted by molar-refractivity contribution is -0.132. The topological polar surface area (TPSA) is 75.4 Å². The SMILES string of the molecule is Cc1cnn(CCC(=O)N2CCc3c(cccc3C(=O)O)C2)c1. The highest BCUT2D eigenvalue weighted by atomic mass is 16.4. The Bertz CT molecular complexity index is 751. The maximum Gasteiger partial charge on any atom is 0.335 e. The third-order valence-corrected chi connectivity index (χ3v) is 4.17. The minimum absolute atomic E-state index is 0.0736. The molecule has 0 aliphatic carbocycles. The van der Waals surface area contributed by atoms with Gasteiger partial charge in [-0.25, -0.2) is 4.79 Å². The predicted molar refractivity (Wildman–Crippen MR) is 84.1 cm³/mol. The van der Waals surface area contributed by atoms with Crippen molar-refractivity contribution in [2.24, 2.45) is 0 Å². The van der Waals surface area contributed by atoms with E-state index in [2.05, 4.69) is 5.10 Å². The van der Waals surface area contributed by atoms with Crippen molar-refractivity contribution in [3.8, 4) is 0 Å². The van der Waals surface area contributed by atoms with Crippen molar-refractivity contribution >= 4 is 11.9 Å². The fraction of sp³-hybridized carbons (Fsp3) is 0.353. The highest BCUT2D eigenvalue weighted by Crippen LogP contribution is 2.23. The van der Waals surface area contributed by atoms with E-state index in [9.17, 15) is 14.7 Å². The molecule has 2 aromatic rings. The highest BCUT2D eigenvalue weighted by Gasteiger charge is 2.23. The molecule has 1 N–H and O–H groups in total. The van der Waals surface area contributed by atoms with E-state index in [4.69, 9.17) is 0 Å². The van der Waals surface area contributed by atoms with Crippen LogP contribution < -0.4 is 0 Å². The van der Waals surface area contributed by atoms with Gasteiger partial charge in [0.1, 0.15) is 0 Å². The summed E-state index contributed by atoms with van der Waals surface area (Å²) in [6.45, 7) is 3.57. The number of carbonyl (C=O) groups excluding carboxylic acids is 1. The zero-order valence-corrected chi connectivity index (χ0v) is 13.0. The minimum Gasteiger partial charge on any atom is -0.478 e. The second-order valence-electron chi connectivity index (χ2n) is 5.84. The van der Waals surface area contributed by atoms with Gasteiger partial charge in [-0.2, -0.15) is 5.10 Å². The van der Waals surface area contributed by atoms with Crippen molar-refractivity contribution in [1.82, 2.24) is 14.7 Å². The molecule has 0 saturated heterocycles. The molecule has 1 amide bonds. The van der Waals surface area contributed by atoms with Crippen LogP contribution in [-0.4, -0.2) is 38.2 Å². The number of rotatable bonds is 4. The lowest BCUT2D eigenvalue weighted by atomic mass is 9.94. The van der Waals surface area contributed by atoms with Gasteiger partial charge >= 0.3 is 5.97 Å². The molecule has 0 radical (unpaired) electrons. The minimum atomic E-state index is -0.907. The average Bonchev–Trinajstić information content (AvgIpc) is 2.96. The van der Waals surface area contributed by atoms with E-state index in [1.807, 2.05) is 19.2 Å². The molecule has 1 aromatic heterocycles. The van der Waals surface area contributed by atoms with Crippen LogP contribution in [0, 0.1) is 6.92 Å². The summed E-state index contributed by atoms with van der Waals surface area (Å²) in [6.07, 6.45) is 4.67. The molecule has 2 heterocycles. The summed E-state index contributed by atoms with van der Waals surface area (Å²) in [5.41, 5.74) is 3.21. The Labute approximate surface area is 134 Å². The standard InChI is InChI=1S/C17H19N3O3/c1-12-9-18-20(10-12)8-6-16(21)19-7-5-14-13(11-19)3-2-4-15(14)17(22)23/h2-4,9-10H,5-8,11H2,1H3,(H,22,23). The van der Waals surface area contributed by atoms with Gasteiger partial charge in [0.25, 0.3) is 0 Å². The zero-order chi connectivity index (χ0) is 16.4. The van der Waals surface area contributed by atoms with Gasteiger partial charge in [-0.05, 0) is 36.1 Å². The third kappa shape index (κ3) is 3.26. The number of hydrogen-bond acceptors (Lipinski definition) is 3. The summed E-state index contributed by atoms with van der Waals surface area (Å²) in [5, 5.41) is 13.4. The Balaban J connectivity index is 1.66. The van der Waals surface area contributed by atoms with Crippen molar-refractivity contribution in [3.05, 3.63) is 52.8 Å². The van der Waals surface area contributed by atoms with Gasteiger partial charge in [-0.3, -0.25) is 9.48 Å². The summed E-state index contributed by atoms with van der Waals surface area (Å²) < 4.78 is 1.77. The largest absolute Gasteiger partial charge is 0.478 e. The molecule has 1 aromatic carbocycles. The fourth-order valence-corrected chi connectivity index (χ4v) is 2.98. The van der Waals surface area contributed by atoms with Crippen LogP contribution in [0.1, 0.15) is 33.5 Å². The van der Waals surface area contributed by atoms with Crippen molar-refractivity contribution in [3.63, 3.8) is 0 Å². The number of carbonyl (C=O) groups is 2. The smallest absolute Gasteiger partial charge is 0.335 e. The number of hydrogen-bond donors (Lipinski definition) is 1. The number of carboxylic acids is 1. The van der Waals surface area contributed by atoms with E-state index in [1.165, 1.54) is 0 Å². The summed E-state index contributed by atoms with van der Waals surface area (Å²) in [4.78, 5) is 25.4. The molecule has 0 unspecified atom stereocenters. The number of benzene rings is 1. The highest BCUT2D eigenvalue weighted by molar-refractivity contribution is 5.90. The molecule has 0 saturated carbocycles. The molecule has 3 rings (SSSR count). The first-order valence-electron chi connectivity index (χ1n) is 7.65. The van der Waals surface area contributed by atoms with Crippen LogP contribution in [0.15, 0.2) is 30.6 Å². The molecule has 23 heavy (non-hydrogen) atoms. The van der Waals surface area contributed by atoms with Gasteiger partial charge in [-0.1, -0.05) is 12.1 Å².